The molecule has 0 saturated heterocycles. The molecule has 142 valence electrons. The van der Waals surface area contributed by atoms with Gasteiger partial charge in [-0.25, -0.2) is 0 Å². The number of carbonyl (C=O) groups excluding carboxylic acids is 1. The van der Waals surface area contributed by atoms with Crippen LogP contribution in [0.3, 0.4) is 0 Å². The Morgan fingerprint density at radius 1 is 1.15 bits per heavy atom. The molecule has 4 nitrogen and oxygen atoms in total. The smallest absolute Gasteiger partial charge is 0.243 e. The lowest BCUT2D eigenvalue weighted by Crippen LogP contribution is -2.24. The van der Waals surface area contributed by atoms with E-state index in [4.69, 9.17) is 11.6 Å². The summed E-state index contributed by atoms with van der Waals surface area (Å²) in [5.41, 5.74) is 5.22. The summed E-state index contributed by atoms with van der Waals surface area (Å²) in [5, 5.41) is 6.70. The molecule has 0 saturated carbocycles. The van der Waals surface area contributed by atoms with E-state index in [9.17, 15) is 4.79 Å². The Kier molecular flexibility index (Phi) is 6.91. The Balaban J connectivity index is 1.66. The Hall–Kier alpha value is -2.30. The van der Waals surface area contributed by atoms with Gasteiger partial charge < -0.3 is 15.5 Å². The lowest BCUT2D eigenvalue weighted by Gasteiger charge is -2.27. The normalized spacial score (nSPS) is 13.2. The van der Waals surface area contributed by atoms with E-state index in [2.05, 4.69) is 51.9 Å². The maximum Gasteiger partial charge on any atom is 0.243 e. The number of anilines is 2. The van der Waals surface area contributed by atoms with Crippen LogP contribution in [0.5, 0.6) is 0 Å². The first-order valence-electron chi connectivity index (χ1n) is 9.42. The van der Waals surface area contributed by atoms with E-state index in [1.54, 1.807) is 13.1 Å². The number of fused-ring (bicyclic) bond motifs is 2. The minimum Gasteiger partial charge on any atom is -0.356 e. The molecule has 0 aromatic heterocycles. The van der Waals surface area contributed by atoms with Crippen LogP contribution in [0.15, 0.2) is 54.6 Å². The quantitative estimate of drug-likeness (QED) is 0.563. The summed E-state index contributed by atoms with van der Waals surface area (Å²) < 4.78 is 0. The van der Waals surface area contributed by atoms with Crippen molar-refractivity contribution in [2.75, 3.05) is 31.6 Å². The summed E-state index contributed by atoms with van der Waals surface area (Å²) in [5.74, 6) is -0.0774. The van der Waals surface area contributed by atoms with E-state index in [1.807, 2.05) is 12.1 Å². The molecule has 0 spiro atoms. The fraction of sp³-hybridized carbons (Fsp3) is 0.318. The number of amides is 1. The molecule has 0 unspecified atom stereocenters. The van der Waals surface area contributed by atoms with Crippen LogP contribution >= 0.6 is 11.6 Å². The van der Waals surface area contributed by atoms with Crippen LogP contribution in [-0.4, -0.2) is 32.6 Å². The minimum absolute atomic E-state index is 0.0774. The van der Waals surface area contributed by atoms with Gasteiger partial charge in [0.25, 0.3) is 0 Å². The summed E-state index contributed by atoms with van der Waals surface area (Å²) in [6.45, 7) is 2.48. The first-order chi connectivity index (χ1) is 13.2. The van der Waals surface area contributed by atoms with Crippen LogP contribution in [0, 0.1) is 0 Å². The van der Waals surface area contributed by atoms with E-state index in [-0.39, 0.29) is 5.91 Å². The number of likely N-dealkylation sites (N-methyl/N-ethyl adjacent to an activating group) is 1. The molecule has 0 bridgehead atoms. The molecule has 2 N–H and O–H groups in total. The van der Waals surface area contributed by atoms with Gasteiger partial charge in [0, 0.05) is 42.6 Å². The van der Waals surface area contributed by atoms with Crippen LogP contribution in [0.25, 0.3) is 0 Å². The van der Waals surface area contributed by atoms with Crippen molar-refractivity contribution < 1.29 is 4.79 Å². The van der Waals surface area contributed by atoms with Gasteiger partial charge in [0.2, 0.25) is 5.91 Å². The number of nitrogens with one attached hydrogen (secondary N) is 2. The molecule has 5 heteroatoms. The van der Waals surface area contributed by atoms with E-state index < -0.39 is 0 Å². The standard InChI is InChI=1S/C22H26ClN3O/c1-24-22(27)8-4-13-25-14-5-15-26-20-7-3-2-6-17(20)9-10-18-11-12-19(23)16-21(18)26/h2-4,6-8,11-12,16,25H,5,9-10,13-15H2,1H3,(H,24,27)/b8-4+. The molecule has 0 radical (unpaired) electrons. The number of rotatable bonds is 7. The van der Waals surface area contributed by atoms with Crippen LogP contribution in [0.4, 0.5) is 11.4 Å². The van der Waals surface area contributed by atoms with Crippen LogP contribution in [-0.2, 0) is 17.6 Å². The first-order valence-corrected chi connectivity index (χ1v) is 9.79. The second-order valence-corrected chi connectivity index (χ2v) is 7.06. The zero-order valence-corrected chi connectivity index (χ0v) is 16.4. The second kappa shape index (κ2) is 9.58. The lowest BCUT2D eigenvalue weighted by atomic mass is 10.0. The highest BCUT2D eigenvalue weighted by atomic mass is 35.5. The predicted octanol–water partition coefficient (Wildman–Crippen LogP) is 3.86. The molecule has 0 fully saturated rings. The summed E-state index contributed by atoms with van der Waals surface area (Å²) in [4.78, 5) is 13.6. The average molecular weight is 384 g/mol. The van der Waals surface area contributed by atoms with Crippen molar-refractivity contribution in [3.8, 4) is 0 Å². The maximum absolute atomic E-state index is 11.2. The van der Waals surface area contributed by atoms with Crippen molar-refractivity contribution in [1.82, 2.24) is 10.6 Å². The van der Waals surface area contributed by atoms with Crippen LogP contribution < -0.4 is 15.5 Å². The largest absolute Gasteiger partial charge is 0.356 e. The summed E-state index contributed by atoms with van der Waals surface area (Å²) in [6, 6.07) is 14.8. The molecular formula is C22H26ClN3O. The minimum atomic E-state index is -0.0774. The van der Waals surface area contributed by atoms with Crippen molar-refractivity contribution in [1.29, 1.82) is 0 Å². The summed E-state index contributed by atoms with van der Waals surface area (Å²) in [7, 11) is 1.63. The number of carbonyl (C=O) groups is 1. The number of benzene rings is 2. The molecule has 0 aliphatic carbocycles. The van der Waals surface area contributed by atoms with Crippen molar-refractivity contribution in [2.45, 2.75) is 19.3 Å². The topological polar surface area (TPSA) is 44.4 Å². The number of aryl methyl sites for hydroxylation is 2. The van der Waals surface area contributed by atoms with Gasteiger partial charge in [0.1, 0.15) is 0 Å². The Morgan fingerprint density at radius 3 is 2.74 bits per heavy atom. The predicted molar refractivity (Wildman–Crippen MR) is 113 cm³/mol. The van der Waals surface area contributed by atoms with Gasteiger partial charge in [-0.05, 0) is 55.1 Å². The molecule has 0 atom stereocenters. The monoisotopic (exact) mass is 383 g/mol. The molecule has 1 aliphatic rings. The third-order valence-corrected chi connectivity index (χ3v) is 5.03. The van der Waals surface area contributed by atoms with E-state index in [1.165, 1.54) is 22.5 Å². The maximum atomic E-state index is 11.2. The summed E-state index contributed by atoms with van der Waals surface area (Å²) in [6.07, 6.45) is 6.46. The molecule has 27 heavy (non-hydrogen) atoms. The molecule has 1 amide bonds. The van der Waals surface area contributed by atoms with Gasteiger partial charge in [0.05, 0.1) is 0 Å². The molecule has 1 aliphatic heterocycles. The van der Waals surface area contributed by atoms with E-state index in [0.717, 1.165) is 37.4 Å². The SMILES string of the molecule is CNC(=O)/C=C/CNCCCN1c2ccccc2CCc2ccc(Cl)cc21. The van der Waals surface area contributed by atoms with E-state index in [0.29, 0.717) is 6.54 Å². The molecule has 2 aromatic rings. The van der Waals surface area contributed by atoms with Gasteiger partial charge in [-0.15, -0.1) is 0 Å². The number of hydrogen-bond acceptors (Lipinski definition) is 3. The first kappa shape index (κ1) is 19.5. The summed E-state index contributed by atoms with van der Waals surface area (Å²) >= 11 is 6.30. The van der Waals surface area contributed by atoms with Crippen molar-refractivity contribution in [2.24, 2.45) is 0 Å². The third kappa shape index (κ3) is 5.12. The fourth-order valence-electron chi connectivity index (χ4n) is 3.42. The molecule has 2 aromatic carbocycles. The van der Waals surface area contributed by atoms with Crippen molar-refractivity contribution >= 4 is 28.9 Å². The highest BCUT2D eigenvalue weighted by Gasteiger charge is 2.20. The zero-order valence-electron chi connectivity index (χ0n) is 15.7. The highest BCUT2D eigenvalue weighted by Crippen LogP contribution is 2.37. The second-order valence-electron chi connectivity index (χ2n) is 6.63. The van der Waals surface area contributed by atoms with Crippen LogP contribution in [0.2, 0.25) is 5.02 Å². The van der Waals surface area contributed by atoms with E-state index >= 15 is 0 Å². The fourth-order valence-corrected chi connectivity index (χ4v) is 3.59. The van der Waals surface area contributed by atoms with Gasteiger partial charge in [-0.3, -0.25) is 4.79 Å². The van der Waals surface area contributed by atoms with Gasteiger partial charge >= 0.3 is 0 Å². The highest BCUT2D eigenvalue weighted by molar-refractivity contribution is 6.30. The molecule has 1 heterocycles. The van der Waals surface area contributed by atoms with Crippen molar-refractivity contribution in [3.63, 3.8) is 0 Å². The Morgan fingerprint density at radius 2 is 1.93 bits per heavy atom. The zero-order chi connectivity index (χ0) is 19.1. The number of hydrogen-bond donors (Lipinski definition) is 2. The average Bonchev–Trinajstić information content (AvgIpc) is 2.84. The Labute approximate surface area is 166 Å². The number of halogens is 1. The number of para-hydroxylation sites is 1. The van der Waals surface area contributed by atoms with Gasteiger partial charge in [-0.1, -0.05) is 41.9 Å². The third-order valence-electron chi connectivity index (χ3n) is 4.80. The lowest BCUT2D eigenvalue weighted by molar-refractivity contribution is -0.116. The molecule has 3 rings (SSSR count). The van der Waals surface area contributed by atoms with Gasteiger partial charge in [0.15, 0.2) is 0 Å². The molecular weight excluding hydrogens is 358 g/mol. The van der Waals surface area contributed by atoms with Gasteiger partial charge in [-0.2, -0.15) is 0 Å². The number of nitrogens with zero attached hydrogens (tertiary/aromatic N) is 1. The van der Waals surface area contributed by atoms with Crippen LogP contribution in [0.1, 0.15) is 17.5 Å². The van der Waals surface area contributed by atoms with Crippen molar-refractivity contribution in [3.05, 3.63) is 70.8 Å². The Bertz CT molecular complexity index is 819.